The average Bonchev–Trinajstić information content (AvgIpc) is 3.07. The standard InChI is InChI=1S/C17H14ClNO2.C7H14O2/c1-11-9-13-10-15(21-2)7-8-16(13)19(11)17(20)12-3-5-14(18)6-4-12;1-3-6(4-2)5-7(8)9/h3-10H,1-2H3;6H,3-5H2,1-2H3,(H,8,9). The number of carbonyl (C=O) groups is 2. The van der Waals surface area contributed by atoms with Crippen molar-refractivity contribution in [2.24, 2.45) is 5.92 Å². The fourth-order valence-electron chi connectivity index (χ4n) is 3.27. The zero-order chi connectivity index (χ0) is 22.3. The van der Waals surface area contributed by atoms with E-state index >= 15 is 0 Å². The van der Waals surface area contributed by atoms with E-state index in [4.69, 9.17) is 21.4 Å². The first-order chi connectivity index (χ1) is 14.3. The summed E-state index contributed by atoms with van der Waals surface area (Å²) in [7, 11) is 1.63. The molecule has 0 amide bonds. The van der Waals surface area contributed by atoms with Crippen molar-refractivity contribution in [3.63, 3.8) is 0 Å². The van der Waals surface area contributed by atoms with Crippen molar-refractivity contribution >= 4 is 34.4 Å². The maximum absolute atomic E-state index is 12.7. The molecule has 1 aromatic heterocycles. The van der Waals surface area contributed by atoms with Gasteiger partial charge < -0.3 is 9.84 Å². The number of aryl methyl sites for hydroxylation is 1. The minimum absolute atomic E-state index is 0.0654. The third-order valence-electron chi connectivity index (χ3n) is 5.10. The van der Waals surface area contributed by atoms with Gasteiger partial charge in [-0.15, -0.1) is 0 Å². The van der Waals surface area contributed by atoms with Crippen molar-refractivity contribution in [1.29, 1.82) is 0 Å². The smallest absolute Gasteiger partial charge is 0.303 e. The molecule has 0 radical (unpaired) electrons. The summed E-state index contributed by atoms with van der Waals surface area (Å²) < 4.78 is 6.93. The first-order valence-electron chi connectivity index (χ1n) is 9.98. The summed E-state index contributed by atoms with van der Waals surface area (Å²) >= 11 is 5.87. The van der Waals surface area contributed by atoms with Crippen LogP contribution in [0, 0.1) is 12.8 Å². The summed E-state index contributed by atoms with van der Waals surface area (Å²) in [6.45, 7) is 5.97. The Morgan fingerprint density at radius 1 is 1.07 bits per heavy atom. The fourth-order valence-corrected chi connectivity index (χ4v) is 3.40. The first-order valence-corrected chi connectivity index (χ1v) is 10.4. The second-order valence-corrected chi connectivity index (χ2v) is 7.57. The van der Waals surface area contributed by atoms with Gasteiger partial charge in [-0.2, -0.15) is 0 Å². The summed E-state index contributed by atoms with van der Waals surface area (Å²) in [5.74, 6) is 0.411. The quantitative estimate of drug-likeness (QED) is 0.506. The average molecular weight is 430 g/mol. The SMILES string of the molecule is CCC(CC)CC(=O)O.COc1ccc2c(c1)cc(C)n2C(=O)c1ccc(Cl)cc1. The van der Waals surface area contributed by atoms with E-state index in [0.29, 0.717) is 22.9 Å². The van der Waals surface area contributed by atoms with E-state index < -0.39 is 5.97 Å². The van der Waals surface area contributed by atoms with Crippen LogP contribution in [-0.4, -0.2) is 28.7 Å². The molecule has 0 saturated heterocycles. The molecule has 1 N–H and O–H groups in total. The summed E-state index contributed by atoms with van der Waals surface area (Å²) in [4.78, 5) is 22.8. The van der Waals surface area contributed by atoms with Gasteiger partial charge in [-0.3, -0.25) is 14.2 Å². The molecule has 0 saturated carbocycles. The van der Waals surface area contributed by atoms with Crippen LogP contribution >= 0.6 is 11.6 Å². The first kappa shape index (κ1) is 23.5. The Bertz CT molecular complexity index is 1000. The number of ether oxygens (including phenoxy) is 1. The van der Waals surface area contributed by atoms with Crippen LogP contribution < -0.4 is 4.74 Å². The van der Waals surface area contributed by atoms with Crippen LogP contribution in [0.3, 0.4) is 0 Å². The second-order valence-electron chi connectivity index (χ2n) is 7.14. The largest absolute Gasteiger partial charge is 0.497 e. The number of carbonyl (C=O) groups excluding carboxylic acids is 1. The van der Waals surface area contributed by atoms with Gasteiger partial charge in [0.15, 0.2) is 0 Å². The number of aromatic nitrogens is 1. The molecule has 160 valence electrons. The van der Waals surface area contributed by atoms with Crippen LogP contribution in [0.25, 0.3) is 10.9 Å². The molecule has 0 fully saturated rings. The van der Waals surface area contributed by atoms with E-state index in [9.17, 15) is 9.59 Å². The van der Waals surface area contributed by atoms with Gasteiger partial charge in [0.05, 0.1) is 12.6 Å². The molecule has 0 bridgehead atoms. The summed E-state index contributed by atoms with van der Waals surface area (Å²) in [6.07, 6.45) is 2.28. The zero-order valence-corrected chi connectivity index (χ0v) is 18.6. The van der Waals surface area contributed by atoms with E-state index in [-0.39, 0.29) is 5.91 Å². The van der Waals surface area contributed by atoms with Gasteiger partial charge >= 0.3 is 5.97 Å². The van der Waals surface area contributed by atoms with E-state index in [1.54, 1.807) is 35.9 Å². The lowest BCUT2D eigenvalue weighted by Gasteiger charge is -2.07. The molecule has 0 unspecified atom stereocenters. The lowest BCUT2D eigenvalue weighted by Crippen LogP contribution is -2.13. The van der Waals surface area contributed by atoms with E-state index in [2.05, 4.69) is 0 Å². The number of carboxylic acid groups (broad SMARTS) is 1. The van der Waals surface area contributed by atoms with Crippen molar-refractivity contribution in [3.8, 4) is 5.75 Å². The third kappa shape index (κ3) is 5.86. The Labute approximate surface area is 182 Å². The van der Waals surface area contributed by atoms with Crippen LogP contribution in [0.2, 0.25) is 5.02 Å². The number of carboxylic acids is 1. The van der Waals surface area contributed by atoms with Gasteiger partial charge in [-0.25, -0.2) is 0 Å². The number of benzene rings is 2. The van der Waals surface area contributed by atoms with E-state index in [0.717, 1.165) is 35.2 Å². The Hall–Kier alpha value is -2.79. The van der Waals surface area contributed by atoms with Crippen molar-refractivity contribution in [2.75, 3.05) is 7.11 Å². The maximum Gasteiger partial charge on any atom is 0.303 e. The molecule has 3 aromatic rings. The van der Waals surface area contributed by atoms with Gasteiger partial charge in [-0.1, -0.05) is 38.3 Å². The fraction of sp³-hybridized carbons (Fsp3) is 0.333. The highest BCUT2D eigenvalue weighted by Crippen LogP contribution is 2.25. The van der Waals surface area contributed by atoms with Gasteiger partial charge in [-0.05, 0) is 61.4 Å². The van der Waals surface area contributed by atoms with Crippen LogP contribution in [0.1, 0.15) is 49.2 Å². The Kier molecular flexibility index (Phi) is 8.48. The molecule has 0 aliphatic heterocycles. The van der Waals surface area contributed by atoms with Crippen molar-refractivity contribution in [2.45, 2.75) is 40.0 Å². The number of aliphatic carboxylic acids is 1. The zero-order valence-electron chi connectivity index (χ0n) is 17.8. The molecule has 0 atom stereocenters. The normalized spacial score (nSPS) is 10.6. The van der Waals surface area contributed by atoms with Gasteiger partial charge in [0.25, 0.3) is 5.91 Å². The Morgan fingerprint density at radius 3 is 2.20 bits per heavy atom. The van der Waals surface area contributed by atoms with Crippen molar-refractivity contribution in [1.82, 2.24) is 4.57 Å². The molecular weight excluding hydrogens is 402 g/mol. The van der Waals surface area contributed by atoms with E-state index in [1.807, 2.05) is 45.0 Å². The summed E-state index contributed by atoms with van der Waals surface area (Å²) in [5.41, 5.74) is 2.36. The molecule has 1 heterocycles. The number of hydrogen-bond acceptors (Lipinski definition) is 3. The van der Waals surface area contributed by atoms with E-state index in [1.165, 1.54) is 0 Å². The molecule has 6 heteroatoms. The number of rotatable bonds is 6. The number of nitrogens with zero attached hydrogens (tertiary/aromatic N) is 1. The lowest BCUT2D eigenvalue weighted by molar-refractivity contribution is -0.138. The Balaban J connectivity index is 0.000000303. The molecule has 0 spiro atoms. The minimum Gasteiger partial charge on any atom is -0.497 e. The minimum atomic E-state index is -0.677. The maximum atomic E-state index is 12.7. The molecular formula is C24H28ClNO4. The number of hydrogen-bond donors (Lipinski definition) is 1. The van der Waals surface area contributed by atoms with Gasteiger partial charge in [0.1, 0.15) is 5.75 Å². The molecule has 5 nitrogen and oxygen atoms in total. The predicted molar refractivity (Wildman–Crippen MR) is 121 cm³/mol. The highest BCUT2D eigenvalue weighted by atomic mass is 35.5. The van der Waals surface area contributed by atoms with Crippen LogP contribution in [0.15, 0.2) is 48.5 Å². The second kappa shape index (κ2) is 10.8. The summed E-state index contributed by atoms with van der Waals surface area (Å²) in [6, 6.07) is 14.6. The molecule has 3 rings (SSSR count). The van der Waals surface area contributed by atoms with Crippen molar-refractivity contribution < 1.29 is 19.4 Å². The topological polar surface area (TPSA) is 68.5 Å². The summed E-state index contributed by atoms with van der Waals surface area (Å²) in [5, 5.41) is 9.94. The monoisotopic (exact) mass is 429 g/mol. The Morgan fingerprint density at radius 2 is 1.70 bits per heavy atom. The molecule has 0 aliphatic rings. The van der Waals surface area contributed by atoms with Gasteiger partial charge in [0.2, 0.25) is 0 Å². The number of halogens is 1. The van der Waals surface area contributed by atoms with Crippen LogP contribution in [0.4, 0.5) is 0 Å². The van der Waals surface area contributed by atoms with Crippen molar-refractivity contribution in [3.05, 3.63) is 64.8 Å². The van der Waals surface area contributed by atoms with Gasteiger partial charge in [0, 0.05) is 28.1 Å². The molecule has 30 heavy (non-hydrogen) atoms. The third-order valence-corrected chi connectivity index (χ3v) is 5.36. The molecule has 0 aliphatic carbocycles. The highest BCUT2D eigenvalue weighted by Gasteiger charge is 2.15. The predicted octanol–water partition coefficient (Wildman–Crippen LogP) is 6.20. The number of fused-ring (bicyclic) bond motifs is 1. The van der Waals surface area contributed by atoms with Crippen LogP contribution in [-0.2, 0) is 4.79 Å². The highest BCUT2D eigenvalue weighted by molar-refractivity contribution is 6.30. The van der Waals surface area contributed by atoms with Crippen LogP contribution in [0.5, 0.6) is 5.75 Å². The number of methoxy groups -OCH3 is 1. The molecule has 2 aromatic carbocycles. The lowest BCUT2D eigenvalue weighted by atomic mass is 10.00.